The molecule has 1 fully saturated rings. The Kier molecular flexibility index (Phi) is 8.28. The van der Waals surface area contributed by atoms with Crippen LogP contribution in [0.4, 0.5) is 5.69 Å². The van der Waals surface area contributed by atoms with Crippen LogP contribution in [-0.2, 0) is 14.3 Å². The van der Waals surface area contributed by atoms with Crippen molar-refractivity contribution in [2.75, 3.05) is 52.4 Å². The van der Waals surface area contributed by atoms with E-state index in [2.05, 4.69) is 17.6 Å². The van der Waals surface area contributed by atoms with Gasteiger partial charge in [-0.05, 0) is 37.8 Å². The topological polar surface area (TPSA) is 89.1 Å². The molecule has 2 aliphatic heterocycles. The number of nitrogens with one attached hydrogen (secondary N) is 2. The summed E-state index contributed by atoms with van der Waals surface area (Å²) in [4.78, 5) is 27.4. The Morgan fingerprint density at radius 3 is 2.71 bits per heavy atom. The minimum atomic E-state index is -0.132. The van der Waals surface area contributed by atoms with Gasteiger partial charge < -0.3 is 29.7 Å². The molecule has 31 heavy (non-hydrogen) atoms. The van der Waals surface area contributed by atoms with Crippen molar-refractivity contribution in [2.45, 2.75) is 38.8 Å². The summed E-state index contributed by atoms with van der Waals surface area (Å²) >= 11 is 0. The SMILES string of the molecule is CO[C@@H]1CN(C)C(=O)c2ccc(NC(=O)C3CCOCC3)cc2OC[C@@H](C)NC[C@H]1C. The third-order valence-electron chi connectivity index (χ3n) is 6.09. The fraction of sp³-hybridized carbons (Fsp3) is 0.652. The Balaban J connectivity index is 1.81. The average molecular weight is 434 g/mol. The summed E-state index contributed by atoms with van der Waals surface area (Å²) in [5, 5.41) is 6.44. The van der Waals surface area contributed by atoms with Crippen LogP contribution in [0.25, 0.3) is 0 Å². The van der Waals surface area contributed by atoms with E-state index in [0.29, 0.717) is 43.4 Å². The molecular weight excluding hydrogens is 398 g/mol. The molecule has 0 radical (unpaired) electrons. The molecule has 2 N–H and O–H groups in total. The number of methoxy groups -OCH3 is 1. The van der Waals surface area contributed by atoms with Crippen LogP contribution in [0.2, 0.25) is 0 Å². The Labute approximate surface area is 184 Å². The van der Waals surface area contributed by atoms with Gasteiger partial charge in [-0.2, -0.15) is 0 Å². The number of ether oxygens (including phenoxy) is 3. The van der Waals surface area contributed by atoms with Gasteiger partial charge in [0.1, 0.15) is 12.4 Å². The van der Waals surface area contributed by atoms with Crippen molar-refractivity contribution in [3.05, 3.63) is 23.8 Å². The maximum atomic E-state index is 13.2. The smallest absolute Gasteiger partial charge is 0.257 e. The molecule has 0 bridgehead atoms. The molecule has 8 nitrogen and oxygen atoms in total. The minimum Gasteiger partial charge on any atom is -0.491 e. The highest BCUT2D eigenvalue weighted by Crippen LogP contribution is 2.27. The first-order valence-electron chi connectivity index (χ1n) is 11.1. The molecule has 3 atom stereocenters. The van der Waals surface area contributed by atoms with Crippen LogP contribution in [0.1, 0.15) is 37.0 Å². The number of hydrogen-bond acceptors (Lipinski definition) is 6. The monoisotopic (exact) mass is 433 g/mol. The third kappa shape index (κ3) is 6.18. The summed E-state index contributed by atoms with van der Waals surface area (Å²) in [6, 6.07) is 5.33. The summed E-state index contributed by atoms with van der Waals surface area (Å²) in [6.07, 6.45) is 1.37. The number of nitrogens with zero attached hydrogens (tertiary/aromatic N) is 1. The van der Waals surface area contributed by atoms with Crippen LogP contribution in [-0.4, -0.2) is 75.9 Å². The largest absolute Gasteiger partial charge is 0.491 e. The molecule has 2 heterocycles. The number of anilines is 1. The van der Waals surface area contributed by atoms with Crippen LogP contribution < -0.4 is 15.4 Å². The number of likely N-dealkylation sites (N-methyl/N-ethyl adjacent to an activating group) is 1. The Morgan fingerprint density at radius 1 is 1.26 bits per heavy atom. The minimum absolute atomic E-state index is 0.0215. The van der Waals surface area contributed by atoms with Gasteiger partial charge in [0.2, 0.25) is 5.91 Å². The lowest BCUT2D eigenvalue weighted by atomic mass is 9.99. The van der Waals surface area contributed by atoms with Gasteiger partial charge in [-0.15, -0.1) is 0 Å². The fourth-order valence-corrected chi connectivity index (χ4v) is 3.94. The Hall–Kier alpha value is -2.16. The molecule has 0 unspecified atom stereocenters. The molecule has 0 aliphatic carbocycles. The number of fused-ring (bicyclic) bond motifs is 1. The second kappa shape index (κ2) is 10.9. The molecular formula is C23H35N3O5. The molecule has 2 aliphatic rings. The number of carbonyl (C=O) groups excluding carboxylic acids is 2. The molecule has 172 valence electrons. The van der Waals surface area contributed by atoms with Gasteiger partial charge >= 0.3 is 0 Å². The Bertz CT molecular complexity index is 766. The Morgan fingerprint density at radius 2 is 2.00 bits per heavy atom. The summed E-state index contributed by atoms with van der Waals surface area (Å²) in [7, 11) is 3.45. The maximum Gasteiger partial charge on any atom is 0.257 e. The van der Waals surface area contributed by atoms with E-state index in [9.17, 15) is 9.59 Å². The zero-order valence-corrected chi connectivity index (χ0v) is 19.0. The standard InChI is InChI=1S/C23H35N3O5/c1-15-12-24-16(2)14-31-20-11-18(25-22(27)17-7-9-30-10-8-17)5-6-19(20)23(28)26(3)13-21(15)29-4/h5-6,11,15-17,21,24H,7-10,12-14H2,1-4H3,(H,25,27)/t15-,16-,21-/m1/s1. The lowest BCUT2D eigenvalue weighted by molar-refractivity contribution is -0.122. The second-order valence-electron chi connectivity index (χ2n) is 8.64. The number of benzene rings is 1. The highest BCUT2D eigenvalue weighted by atomic mass is 16.5. The molecule has 2 amide bonds. The van der Waals surface area contributed by atoms with Gasteiger partial charge in [0.05, 0.1) is 11.7 Å². The molecule has 1 aromatic carbocycles. The van der Waals surface area contributed by atoms with Gasteiger partial charge in [-0.25, -0.2) is 0 Å². The first-order valence-corrected chi connectivity index (χ1v) is 11.1. The number of carbonyl (C=O) groups is 2. The summed E-state index contributed by atoms with van der Waals surface area (Å²) in [5.74, 6) is 0.502. The lowest BCUT2D eigenvalue weighted by Gasteiger charge is -2.30. The van der Waals surface area contributed by atoms with E-state index in [1.807, 2.05) is 6.92 Å². The lowest BCUT2D eigenvalue weighted by Crippen LogP contribution is -2.44. The molecule has 8 heteroatoms. The van der Waals surface area contributed by atoms with E-state index in [1.54, 1.807) is 37.3 Å². The number of rotatable bonds is 3. The average Bonchev–Trinajstić information content (AvgIpc) is 2.79. The van der Waals surface area contributed by atoms with Gasteiger partial charge in [-0.3, -0.25) is 9.59 Å². The fourth-order valence-electron chi connectivity index (χ4n) is 3.94. The van der Waals surface area contributed by atoms with E-state index in [1.165, 1.54) is 0 Å². The predicted octanol–water partition coefficient (Wildman–Crippen LogP) is 2.15. The van der Waals surface area contributed by atoms with Crippen LogP contribution in [0, 0.1) is 11.8 Å². The molecule has 1 aromatic rings. The third-order valence-corrected chi connectivity index (χ3v) is 6.09. The summed E-state index contributed by atoms with van der Waals surface area (Å²) < 4.78 is 17.0. The highest BCUT2D eigenvalue weighted by molar-refractivity contribution is 5.98. The van der Waals surface area contributed by atoms with Crippen LogP contribution in [0.3, 0.4) is 0 Å². The maximum absolute atomic E-state index is 13.2. The van der Waals surface area contributed by atoms with Crippen molar-refractivity contribution in [1.82, 2.24) is 10.2 Å². The molecule has 0 aromatic heterocycles. The van der Waals surface area contributed by atoms with Gasteiger partial charge in [0, 0.05) is 64.2 Å². The van der Waals surface area contributed by atoms with Crippen LogP contribution >= 0.6 is 0 Å². The predicted molar refractivity (Wildman–Crippen MR) is 118 cm³/mol. The van der Waals surface area contributed by atoms with Crippen molar-refractivity contribution in [2.24, 2.45) is 11.8 Å². The first kappa shape index (κ1) is 23.5. The highest BCUT2D eigenvalue weighted by Gasteiger charge is 2.26. The van der Waals surface area contributed by atoms with Crippen molar-refractivity contribution in [3.8, 4) is 5.75 Å². The quantitative estimate of drug-likeness (QED) is 0.759. The zero-order valence-electron chi connectivity index (χ0n) is 19.0. The molecule has 3 rings (SSSR count). The van der Waals surface area contributed by atoms with E-state index < -0.39 is 0 Å². The number of hydrogen-bond donors (Lipinski definition) is 2. The van der Waals surface area contributed by atoms with Crippen LogP contribution in [0.5, 0.6) is 5.75 Å². The van der Waals surface area contributed by atoms with Crippen molar-refractivity contribution < 1.29 is 23.8 Å². The van der Waals surface area contributed by atoms with Gasteiger partial charge in [0.15, 0.2) is 0 Å². The van der Waals surface area contributed by atoms with Gasteiger partial charge in [0.25, 0.3) is 5.91 Å². The van der Waals surface area contributed by atoms with Gasteiger partial charge in [-0.1, -0.05) is 6.92 Å². The summed E-state index contributed by atoms with van der Waals surface area (Å²) in [5.41, 5.74) is 1.10. The normalized spacial score (nSPS) is 26.3. The first-order chi connectivity index (χ1) is 14.9. The zero-order chi connectivity index (χ0) is 22.4. The van der Waals surface area contributed by atoms with E-state index in [0.717, 1.165) is 19.4 Å². The van der Waals surface area contributed by atoms with E-state index >= 15 is 0 Å². The van der Waals surface area contributed by atoms with E-state index in [-0.39, 0.29) is 35.8 Å². The van der Waals surface area contributed by atoms with Crippen molar-refractivity contribution in [3.63, 3.8) is 0 Å². The second-order valence-corrected chi connectivity index (χ2v) is 8.64. The molecule has 0 saturated carbocycles. The van der Waals surface area contributed by atoms with Crippen LogP contribution in [0.15, 0.2) is 18.2 Å². The van der Waals surface area contributed by atoms with E-state index in [4.69, 9.17) is 14.2 Å². The number of amides is 2. The van der Waals surface area contributed by atoms with Crippen molar-refractivity contribution >= 4 is 17.5 Å². The summed E-state index contributed by atoms with van der Waals surface area (Å²) in [6.45, 7) is 7.03. The molecule has 0 spiro atoms. The molecule has 1 saturated heterocycles. The van der Waals surface area contributed by atoms with Crippen molar-refractivity contribution in [1.29, 1.82) is 0 Å².